The van der Waals surface area contributed by atoms with E-state index in [2.05, 4.69) is 14.9 Å². The third-order valence-electron chi connectivity index (χ3n) is 4.67. The van der Waals surface area contributed by atoms with E-state index in [4.69, 9.17) is 0 Å². The number of aromatic nitrogens is 2. The number of carbonyl (C=O) groups excluding carboxylic acids is 1. The molecule has 0 atom stereocenters. The van der Waals surface area contributed by atoms with Crippen LogP contribution in [0.1, 0.15) is 21.6 Å². The Hall–Kier alpha value is -3.27. The van der Waals surface area contributed by atoms with Gasteiger partial charge in [0.1, 0.15) is 22.2 Å². The van der Waals surface area contributed by atoms with Crippen molar-refractivity contribution in [3.05, 3.63) is 70.9 Å². The van der Waals surface area contributed by atoms with E-state index in [1.807, 2.05) is 31.2 Å². The molecule has 0 spiro atoms. The molecule has 2 aromatic carbocycles. The van der Waals surface area contributed by atoms with Crippen LogP contribution >= 0.6 is 0 Å². The third-order valence-corrected chi connectivity index (χ3v) is 6.04. The molecule has 0 fully saturated rings. The van der Waals surface area contributed by atoms with Crippen LogP contribution in [-0.4, -0.2) is 31.1 Å². The van der Waals surface area contributed by atoms with Crippen LogP contribution in [0.5, 0.6) is 0 Å². The molecule has 4 rings (SSSR count). The Balaban J connectivity index is 1.62. The number of hydrogen-bond acceptors (Lipinski definition) is 4. The molecule has 150 valence electrons. The van der Waals surface area contributed by atoms with E-state index >= 15 is 0 Å². The summed E-state index contributed by atoms with van der Waals surface area (Å²) in [6, 6.07) is 9.60. The van der Waals surface area contributed by atoms with Crippen molar-refractivity contribution in [2.45, 2.75) is 18.2 Å². The summed E-state index contributed by atoms with van der Waals surface area (Å²) in [5.74, 6) is -2.54. The third kappa shape index (κ3) is 3.46. The number of benzene rings is 2. The van der Waals surface area contributed by atoms with Crippen molar-refractivity contribution in [3.8, 4) is 0 Å². The highest BCUT2D eigenvalue weighted by molar-refractivity contribution is 7.92. The number of anilines is 2. The van der Waals surface area contributed by atoms with Gasteiger partial charge in [-0.1, -0.05) is 17.7 Å². The number of rotatable bonds is 4. The number of carbonyl (C=O) groups is 1. The van der Waals surface area contributed by atoms with Crippen molar-refractivity contribution >= 4 is 27.4 Å². The topological polar surface area (TPSA) is 95.2 Å². The lowest BCUT2D eigenvalue weighted by atomic mass is 10.1. The summed E-state index contributed by atoms with van der Waals surface area (Å²) in [7, 11) is -4.35. The van der Waals surface area contributed by atoms with Crippen LogP contribution in [0.4, 0.5) is 20.3 Å². The summed E-state index contributed by atoms with van der Waals surface area (Å²) in [6.45, 7) is 2.27. The number of amides is 1. The Kier molecular flexibility index (Phi) is 4.58. The summed E-state index contributed by atoms with van der Waals surface area (Å²) in [5.41, 5.74) is 2.33. The van der Waals surface area contributed by atoms with E-state index in [0.29, 0.717) is 24.6 Å². The van der Waals surface area contributed by atoms with Gasteiger partial charge >= 0.3 is 0 Å². The van der Waals surface area contributed by atoms with Crippen molar-refractivity contribution in [3.63, 3.8) is 0 Å². The number of hydrogen-bond donors (Lipinski definition) is 2. The summed E-state index contributed by atoms with van der Waals surface area (Å²) >= 11 is 0. The lowest BCUT2D eigenvalue weighted by molar-refractivity contribution is 0.0976. The Bertz CT molecular complexity index is 1210. The van der Waals surface area contributed by atoms with Gasteiger partial charge in [0.05, 0.1) is 0 Å². The summed E-state index contributed by atoms with van der Waals surface area (Å²) in [5, 5.41) is 6.45. The second kappa shape index (κ2) is 6.96. The van der Waals surface area contributed by atoms with Gasteiger partial charge in [-0.25, -0.2) is 17.2 Å². The summed E-state index contributed by atoms with van der Waals surface area (Å²) in [6.07, 6.45) is 0.342. The zero-order valence-electron chi connectivity index (χ0n) is 15.2. The van der Waals surface area contributed by atoms with E-state index in [1.165, 1.54) is 0 Å². The van der Waals surface area contributed by atoms with Crippen molar-refractivity contribution in [2.24, 2.45) is 0 Å². The predicted molar refractivity (Wildman–Crippen MR) is 102 cm³/mol. The quantitative estimate of drug-likeness (QED) is 0.681. The molecule has 2 N–H and O–H groups in total. The van der Waals surface area contributed by atoms with Gasteiger partial charge in [0, 0.05) is 23.9 Å². The highest BCUT2D eigenvalue weighted by Gasteiger charge is 2.32. The van der Waals surface area contributed by atoms with Crippen LogP contribution in [-0.2, 0) is 16.4 Å². The Labute approximate surface area is 165 Å². The average Bonchev–Trinajstić information content (AvgIpc) is 3.06. The maximum atomic E-state index is 13.9. The van der Waals surface area contributed by atoms with E-state index in [9.17, 15) is 22.0 Å². The molecule has 10 heteroatoms. The Morgan fingerprint density at radius 1 is 1.14 bits per heavy atom. The zero-order chi connectivity index (χ0) is 20.8. The summed E-state index contributed by atoms with van der Waals surface area (Å²) < 4.78 is 54.1. The largest absolute Gasteiger partial charge is 0.307 e. The van der Waals surface area contributed by atoms with Gasteiger partial charge in [-0.3, -0.25) is 14.6 Å². The van der Waals surface area contributed by atoms with E-state index in [1.54, 1.807) is 4.90 Å². The first kappa shape index (κ1) is 19.1. The zero-order valence-corrected chi connectivity index (χ0v) is 16.1. The summed E-state index contributed by atoms with van der Waals surface area (Å²) in [4.78, 5) is 13.7. The number of sulfonamides is 1. The van der Waals surface area contributed by atoms with Gasteiger partial charge in [-0.05, 0) is 37.6 Å². The number of nitrogens with zero attached hydrogens (tertiary/aromatic N) is 2. The van der Waals surface area contributed by atoms with Gasteiger partial charge in [-0.2, -0.15) is 5.10 Å². The second-order valence-electron chi connectivity index (χ2n) is 6.65. The fourth-order valence-electron chi connectivity index (χ4n) is 3.18. The van der Waals surface area contributed by atoms with Gasteiger partial charge < -0.3 is 4.90 Å². The highest BCUT2D eigenvalue weighted by atomic mass is 32.2. The smallest absolute Gasteiger partial charge is 0.276 e. The average molecular weight is 418 g/mol. The normalized spacial score (nSPS) is 14.0. The molecule has 0 saturated carbocycles. The van der Waals surface area contributed by atoms with Crippen LogP contribution in [0, 0.1) is 18.6 Å². The van der Waals surface area contributed by atoms with E-state index in [-0.39, 0.29) is 17.4 Å². The van der Waals surface area contributed by atoms with Gasteiger partial charge in [-0.15, -0.1) is 0 Å². The molecule has 1 aliphatic heterocycles. The lowest BCUT2D eigenvalue weighted by Gasteiger charge is -2.26. The molecule has 2 heterocycles. The van der Waals surface area contributed by atoms with Crippen molar-refractivity contribution < 1.29 is 22.0 Å². The first-order valence-electron chi connectivity index (χ1n) is 8.70. The molecular formula is C19H16F2N4O3S. The van der Waals surface area contributed by atoms with Gasteiger partial charge in [0.25, 0.3) is 15.9 Å². The van der Waals surface area contributed by atoms with Crippen molar-refractivity contribution in [1.29, 1.82) is 0 Å². The predicted octanol–water partition coefficient (Wildman–Crippen LogP) is 3.00. The number of fused-ring (bicyclic) bond motifs is 1. The van der Waals surface area contributed by atoms with Crippen LogP contribution < -0.4 is 9.62 Å². The molecule has 29 heavy (non-hydrogen) atoms. The molecule has 0 saturated heterocycles. The second-order valence-corrected chi connectivity index (χ2v) is 8.30. The molecule has 0 bridgehead atoms. The standard InChI is InChI=1S/C19H16F2N4O3S/c1-11-2-5-13(6-3-11)25-9-8-14-17(19(25)26)22-23-18(14)24-29(27,28)16-7-4-12(20)10-15(16)21/h2-7,10H,8-9H2,1H3,(H2,22,23,24). The highest BCUT2D eigenvalue weighted by Crippen LogP contribution is 2.29. The minimum Gasteiger partial charge on any atom is -0.307 e. The SMILES string of the molecule is Cc1ccc(N2CCc3c(NS(=O)(=O)c4ccc(F)cc4F)n[nH]c3C2=O)cc1. The molecule has 1 aliphatic rings. The number of aryl methyl sites for hydroxylation is 1. The maximum absolute atomic E-state index is 13.9. The number of aromatic amines is 1. The molecule has 7 nitrogen and oxygen atoms in total. The number of nitrogens with one attached hydrogen (secondary N) is 2. The van der Waals surface area contributed by atoms with Gasteiger partial charge in [0.2, 0.25) is 0 Å². The number of halogens is 2. The van der Waals surface area contributed by atoms with E-state index in [0.717, 1.165) is 23.4 Å². The maximum Gasteiger partial charge on any atom is 0.276 e. The molecule has 1 amide bonds. The fraction of sp³-hybridized carbons (Fsp3) is 0.158. The van der Waals surface area contributed by atoms with Crippen LogP contribution in [0.3, 0.4) is 0 Å². The molecule has 0 unspecified atom stereocenters. The van der Waals surface area contributed by atoms with Crippen molar-refractivity contribution in [2.75, 3.05) is 16.2 Å². The molecule has 0 aliphatic carbocycles. The van der Waals surface area contributed by atoms with Crippen LogP contribution in [0.15, 0.2) is 47.4 Å². The molecule has 1 aromatic heterocycles. The van der Waals surface area contributed by atoms with E-state index < -0.39 is 26.6 Å². The molecular weight excluding hydrogens is 402 g/mol. The van der Waals surface area contributed by atoms with Crippen molar-refractivity contribution in [1.82, 2.24) is 10.2 Å². The Morgan fingerprint density at radius 3 is 2.55 bits per heavy atom. The Morgan fingerprint density at radius 2 is 1.86 bits per heavy atom. The minimum atomic E-state index is -4.35. The monoisotopic (exact) mass is 418 g/mol. The van der Waals surface area contributed by atoms with Crippen LogP contribution in [0.2, 0.25) is 0 Å². The van der Waals surface area contributed by atoms with Crippen LogP contribution in [0.25, 0.3) is 0 Å². The lowest BCUT2D eigenvalue weighted by Crippen LogP contribution is -2.37. The first-order chi connectivity index (χ1) is 13.8. The van der Waals surface area contributed by atoms with Gasteiger partial charge in [0.15, 0.2) is 5.82 Å². The first-order valence-corrected chi connectivity index (χ1v) is 10.2. The number of H-pyrrole nitrogens is 1. The molecule has 3 aromatic rings. The fourth-order valence-corrected chi connectivity index (χ4v) is 4.27. The minimum absolute atomic E-state index is 0.0827. The molecule has 0 radical (unpaired) electrons.